The van der Waals surface area contributed by atoms with E-state index < -0.39 is 11.5 Å². The number of H-pyrrole nitrogens is 2. The average molecular weight is 543 g/mol. The highest BCUT2D eigenvalue weighted by molar-refractivity contribution is 6.09. The van der Waals surface area contributed by atoms with E-state index in [0.29, 0.717) is 65.0 Å². The summed E-state index contributed by atoms with van der Waals surface area (Å²) >= 11 is 0. The Labute approximate surface area is 232 Å². The molecule has 3 heterocycles. The highest BCUT2D eigenvalue weighted by Crippen LogP contribution is 2.38. The number of carbonyl (C=O) groups is 2. The number of hydrogen-bond donors (Lipinski definition) is 3. The van der Waals surface area contributed by atoms with E-state index in [4.69, 9.17) is 9.47 Å². The van der Waals surface area contributed by atoms with Gasteiger partial charge in [0.25, 0.3) is 11.5 Å². The SMILES string of the molecule is Cc1[nH]cc2c(-c3ccccc3Oc3ccccc3)c(C(=O)NC3CCN(C(=O)OC(C)(C)C)CC3)[nH]c(=O)c12. The fourth-order valence-corrected chi connectivity index (χ4v) is 5.01. The van der Waals surface area contributed by atoms with Crippen LogP contribution in [0.15, 0.2) is 65.6 Å². The summed E-state index contributed by atoms with van der Waals surface area (Å²) in [4.78, 5) is 47.0. The number of benzene rings is 2. The predicted molar refractivity (Wildman–Crippen MR) is 154 cm³/mol. The minimum atomic E-state index is -0.569. The molecule has 0 saturated carbocycles. The third-order valence-corrected chi connectivity index (χ3v) is 6.90. The van der Waals surface area contributed by atoms with Crippen LogP contribution < -0.4 is 15.6 Å². The van der Waals surface area contributed by atoms with Crippen molar-refractivity contribution in [1.29, 1.82) is 0 Å². The predicted octanol–water partition coefficient (Wildman–Crippen LogP) is 5.75. The van der Waals surface area contributed by atoms with Crippen molar-refractivity contribution in [3.63, 3.8) is 0 Å². The maximum atomic E-state index is 13.7. The number of piperidine rings is 1. The van der Waals surface area contributed by atoms with E-state index in [1.165, 1.54) is 0 Å². The van der Waals surface area contributed by atoms with Crippen LogP contribution in [0.3, 0.4) is 0 Å². The molecule has 1 saturated heterocycles. The summed E-state index contributed by atoms with van der Waals surface area (Å²) in [5.41, 5.74) is 1.21. The van der Waals surface area contributed by atoms with Gasteiger partial charge in [0.2, 0.25) is 0 Å². The molecule has 2 amide bonds. The molecule has 0 spiro atoms. The van der Waals surface area contributed by atoms with E-state index in [2.05, 4.69) is 15.3 Å². The van der Waals surface area contributed by atoms with Gasteiger partial charge in [-0.25, -0.2) is 4.79 Å². The molecule has 0 bridgehead atoms. The summed E-state index contributed by atoms with van der Waals surface area (Å²) < 4.78 is 11.7. The average Bonchev–Trinajstić information content (AvgIpc) is 3.31. The van der Waals surface area contributed by atoms with Gasteiger partial charge in [0.05, 0.1) is 5.39 Å². The van der Waals surface area contributed by atoms with Gasteiger partial charge < -0.3 is 29.7 Å². The molecule has 3 N–H and O–H groups in total. The number of para-hydroxylation sites is 2. The first kappa shape index (κ1) is 27.1. The molecule has 2 aromatic heterocycles. The van der Waals surface area contributed by atoms with Crippen LogP contribution in [0.1, 0.15) is 49.8 Å². The summed E-state index contributed by atoms with van der Waals surface area (Å²) in [5, 5.41) is 4.21. The Morgan fingerprint density at radius 3 is 2.38 bits per heavy atom. The maximum Gasteiger partial charge on any atom is 0.410 e. The number of nitrogens with one attached hydrogen (secondary N) is 3. The maximum absolute atomic E-state index is 13.7. The minimum Gasteiger partial charge on any atom is -0.457 e. The van der Waals surface area contributed by atoms with Crippen LogP contribution in [0, 0.1) is 6.92 Å². The molecule has 9 heteroatoms. The molecule has 0 unspecified atom stereocenters. The Balaban J connectivity index is 1.46. The number of aromatic amines is 2. The minimum absolute atomic E-state index is 0.162. The van der Waals surface area contributed by atoms with Crippen molar-refractivity contribution in [2.24, 2.45) is 0 Å². The second-order valence-corrected chi connectivity index (χ2v) is 11.0. The van der Waals surface area contributed by atoms with Crippen molar-refractivity contribution in [2.75, 3.05) is 13.1 Å². The molecular weight excluding hydrogens is 508 g/mol. The molecule has 4 aromatic rings. The highest BCUT2D eigenvalue weighted by Gasteiger charge is 2.29. The van der Waals surface area contributed by atoms with Crippen molar-refractivity contribution in [3.8, 4) is 22.6 Å². The van der Waals surface area contributed by atoms with Crippen molar-refractivity contribution >= 4 is 22.8 Å². The molecule has 9 nitrogen and oxygen atoms in total. The smallest absolute Gasteiger partial charge is 0.410 e. The Morgan fingerprint density at radius 1 is 1.00 bits per heavy atom. The summed E-state index contributed by atoms with van der Waals surface area (Å²) in [6, 6.07) is 16.7. The van der Waals surface area contributed by atoms with Gasteiger partial charge in [-0.15, -0.1) is 0 Å². The lowest BCUT2D eigenvalue weighted by Gasteiger charge is -2.33. The summed E-state index contributed by atoms with van der Waals surface area (Å²) in [6.45, 7) is 8.26. The highest BCUT2D eigenvalue weighted by atomic mass is 16.6. The molecule has 0 radical (unpaired) electrons. The quantitative estimate of drug-likeness (QED) is 0.297. The largest absolute Gasteiger partial charge is 0.457 e. The van der Waals surface area contributed by atoms with Gasteiger partial charge >= 0.3 is 6.09 Å². The number of pyridine rings is 1. The van der Waals surface area contributed by atoms with Gasteiger partial charge in [-0.1, -0.05) is 36.4 Å². The molecule has 1 fully saturated rings. The number of likely N-dealkylation sites (tertiary alicyclic amines) is 1. The number of ether oxygens (including phenoxy) is 2. The number of amides is 2. The third kappa shape index (κ3) is 5.73. The number of hydrogen-bond acceptors (Lipinski definition) is 5. The standard InChI is InChI=1S/C31H34N4O5/c1-19-25-23(18-32-19)26(22-12-8-9-13-24(22)39-21-10-6-5-7-11-21)27(34-28(25)36)29(37)33-20-14-16-35(17-15-20)30(38)40-31(2,3)4/h5-13,18,20,32H,14-17H2,1-4H3,(H,33,37)(H,34,36). The number of rotatable bonds is 5. The van der Waals surface area contributed by atoms with E-state index in [0.717, 1.165) is 0 Å². The lowest BCUT2D eigenvalue weighted by molar-refractivity contribution is 0.0199. The Morgan fingerprint density at radius 2 is 1.68 bits per heavy atom. The van der Waals surface area contributed by atoms with Crippen molar-refractivity contribution in [1.82, 2.24) is 20.2 Å². The van der Waals surface area contributed by atoms with Crippen LogP contribution in [0.5, 0.6) is 11.5 Å². The molecular formula is C31H34N4O5. The number of nitrogens with zero attached hydrogens (tertiary/aromatic N) is 1. The second kappa shape index (κ2) is 10.9. The zero-order valence-electron chi connectivity index (χ0n) is 23.2. The molecule has 0 aliphatic carbocycles. The lowest BCUT2D eigenvalue weighted by Crippen LogP contribution is -2.48. The molecule has 40 heavy (non-hydrogen) atoms. The van der Waals surface area contributed by atoms with Crippen LogP contribution >= 0.6 is 0 Å². The van der Waals surface area contributed by atoms with Gasteiger partial charge in [-0.3, -0.25) is 9.59 Å². The summed E-state index contributed by atoms with van der Waals surface area (Å²) in [6.07, 6.45) is 2.55. The Kier molecular flexibility index (Phi) is 7.38. The van der Waals surface area contributed by atoms with E-state index in [9.17, 15) is 14.4 Å². The zero-order chi connectivity index (χ0) is 28.4. The number of aryl methyl sites for hydroxylation is 1. The molecule has 0 atom stereocenters. The summed E-state index contributed by atoms with van der Waals surface area (Å²) in [7, 11) is 0. The first-order valence-corrected chi connectivity index (χ1v) is 13.5. The first-order valence-electron chi connectivity index (χ1n) is 13.5. The van der Waals surface area contributed by atoms with Crippen LogP contribution in [-0.4, -0.2) is 51.6 Å². The number of carbonyl (C=O) groups excluding carboxylic acids is 2. The molecule has 1 aliphatic rings. The number of aromatic nitrogens is 2. The van der Waals surface area contributed by atoms with Crippen LogP contribution in [0.25, 0.3) is 21.9 Å². The van der Waals surface area contributed by atoms with Crippen molar-refractivity contribution in [3.05, 3.63) is 82.5 Å². The summed E-state index contributed by atoms with van der Waals surface area (Å²) in [5.74, 6) is 0.822. The fourth-order valence-electron chi connectivity index (χ4n) is 5.01. The molecule has 1 aliphatic heterocycles. The van der Waals surface area contributed by atoms with Gasteiger partial charge in [0, 0.05) is 47.5 Å². The van der Waals surface area contributed by atoms with Crippen LogP contribution in [0.2, 0.25) is 0 Å². The normalized spacial score (nSPS) is 14.2. The topological polar surface area (TPSA) is 117 Å². The number of fused-ring (bicyclic) bond motifs is 1. The van der Waals surface area contributed by atoms with Crippen LogP contribution in [0.4, 0.5) is 4.79 Å². The fraction of sp³-hybridized carbons (Fsp3) is 0.323. The van der Waals surface area contributed by atoms with Gasteiger partial charge in [0.15, 0.2) is 0 Å². The van der Waals surface area contributed by atoms with Gasteiger partial charge in [-0.05, 0) is 58.7 Å². The van der Waals surface area contributed by atoms with Gasteiger partial charge in [-0.2, -0.15) is 0 Å². The third-order valence-electron chi connectivity index (χ3n) is 6.90. The van der Waals surface area contributed by atoms with Gasteiger partial charge in [0.1, 0.15) is 22.8 Å². The first-order chi connectivity index (χ1) is 19.1. The van der Waals surface area contributed by atoms with E-state index in [-0.39, 0.29) is 23.4 Å². The second-order valence-electron chi connectivity index (χ2n) is 11.0. The molecule has 2 aromatic carbocycles. The van der Waals surface area contributed by atoms with E-state index in [1.807, 2.05) is 82.3 Å². The Bertz CT molecular complexity index is 1590. The van der Waals surface area contributed by atoms with Crippen molar-refractivity contribution in [2.45, 2.75) is 52.2 Å². The molecule has 208 valence electrons. The monoisotopic (exact) mass is 542 g/mol. The van der Waals surface area contributed by atoms with E-state index in [1.54, 1.807) is 11.1 Å². The van der Waals surface area contributed by atoms with Crippen LogP contribution in [-0.2, 0) is 4.74 Å². The van der Waals surface area contributed by atoms with Crippen molar-refractivity contribution < 1.29 is 19.1 Å². The van der Waals surface area contributed by atoms with E-state index >= 15 is 0 Å². The lowest BCUT2D eigenvalue weighted by atomic mass is 9.97. The molecule has 5 rings (SSSR count). The Hall–Kier alpha value is -4.53. The zero-order valence-corrected chi connectivity index (χ0v) is 23.2.